The van der Waals surface area contributed by atoms with Crippen LogP contribution in [0.5, 0.6) is 5.75 Å². The van der Waals surface area contributed by atoms with Crippen LogP contribution in [-0.4, -0.2) is 32.7 Å². The topological polar surface area (TPSA) is 78.6 Å². The smallest absolute Gasteiger partial charge is 0.378 e. The monoisotopic (exact) mass is 312 g/mol. The second kappa shape index (κ2) is 6.04. The molecular weight excluding hydrogens is 296 g/mol. The Morgan fingerprint density at radius 1 is 1.22 bits per heavy atom. The summed E-state index contributed by atoms with van der Waals surface area (Å²) in [5.74, 6) is 0.433. The van der Waals surface area contributed by atoms with Gasteiger partial charge in [0.2, 0.25) is 0 Å². The quantitative estimate of drug-likeness (QED) is 0.687. The van der Waals surface area contributed by atoms with E-state index in [0.717, 1.165) is 17.0 Å². The maximum atomic E-state index is 12.2. The largest absolute Gasteiger partial charge is 0.496 e. The SMILES string of the molecule is COc1ccccc1COC(=O)c1nc2nc(C)cc(C)n2n1. The molecule has 0 spiro atoms. The van der Waals surface area contributed by atoms with Crippen LogP contribution in [0.4, 0.5) is 0 Å². The second-order valence-electron chi connectivity index (χ2n) is 5.07. The predicted octanol–water partition coefficient (Wildman–Crippen LogP) is 2.11. The summed E-state index contributed by atoms with van der Waals surface area (Å²) in [6.45, 7) is 3.82. The molecule has 0 N–H and O–H groups in total. The van der Waals surface area contributed by atoms with Crippen LogP contribution in [0.15, 0.2) is 30.3 Å². The van der Waals surface area contributed by atoms with Gasteiger partial charge in [0, 0.05) is 17.0 Å². The van der Waals surface area contributed by atoms with E-state index in [1.165, 1.54) is 4.52 Å². The molecule has 3 aromatic rings. The summed E-state index contributed by atoms with van der Waals surface area (Å²) in [5, 5.41) is 4.15. The average molecular weight is 312 g/mol. The number of hydrogen-bond donors (Lipinski definition) is 0. The number of carbonyl (C=O) groups is 1. The lowest BCUT2D eigenvalue weighted by Crippen LogP contribution is -2.08. The van der Waals surface area contributed by atoms with Gasteiger partial charge in [0.15, 0.2) is 0 Å². The zero-order valence-corrected chi connectivity index (χ0v) is 13.1. The molecule has 0 unspecified atom stereocenters. The third-order valence-electron chi connectivity index (χ3n) is 3.35. The van der Waals surface area contributed by atoms with E-state index in [2.05, 4.69) is 15.1 Å². The van der Waals surface area contributed by atoms with Crippen LogP contribution in [0.2, 0.25) is 0 Å². The molecule has 23 heavy (non-hydrogen) atoms. The zero-order valence-electron chi connectivity index (χ0n) is 13.1. The Hall–Kier alpha value is -2.96. The summed E-state index contributed by atoms with van der Waals surface area (Å²) in [7, 11) is 1.57. The molecule has 118 valence electrons. The van der Waals surface area contributed by atoms with E-state index in [1.54, 1.807) is 7.11 Å². The highest BCUT2D eigenvalue weighted by molar-refractivity contribution is 5.85. The number of fused-ring (bicyclic) bond motifs is 1. The van der Waals surface area contributed by atoms with Crippen molar-refractivity contribution in [2.75, 3.05) is 7.11 Å². The molecule has 0 atom stereocenters. The third kappa shape index (κ3) is 2.98. The molecule has 2 heterocycles. The second-order valence-corrected chi connectivity index (χ2v) is 5.07. The van der Waals surface area contributed by atoms with Gasteiger partial charge in [-0.1, -0.05) is 18.2 Å². The number of nitrogens with zero attached hydrogens (tertiary/aromatic N) is 4. The molecular formula is C16H16N4O3. The van der Waals surface area contributed by atoms with Crippen LogP contribution < -0.4 is 4.74 Å². The molecule has 7 heteroatoms. The fraction of sp³-hybridized carbons (Fsp3) is 0.250. The first kappa shape index (κ1) is 15.0. The number of methoxy groups -OCH3 is 1. The lowest BCUT2D eigenvalue weighted by molar-refractivity contribution is 0.0456. The molecule has 0 aliphatic heterocycles. The van der Waals surface area contributed by atoms with Crippen LogP contribution >= 0.6 is 0 Å². The van der Waals surface area contributed by atoms with Crippen molar-refractivity contribution in [2.45, 2.75) is 20.5 Å². The summed E-state index contributed by atoms with van der Waals surface area (Å²) in [5.41, 5.74) is 2.44. The van der Waals surface area contributed by atoms with Crippen molar-refractivity contribution < 1.29 is 14.3 Å². The summed E-state index contributed by atoms with van der Waals surface area (Å²) in [6, 6.07) is 9.21. The van der Waals surface area contributed by atoms with Crippen LogP contribution in [0.25, 0.3) is 5.78 Å². The number of rotatable bonds is 4. The van der Waals surface area contributed by atoms with Crippen LogP contribution in [0.3, 0.4) is 0 Å². The van der Waals surface area contributed by atoms with Crippen LogP contribution in [-0.2, 0) is 11.3 Å². The molecule has 3 rings (SSSR count). The van der Waals surface area contributed by atoms with E-state index >= 15 is 0 Å². The van der Waals surface area contributed by atoms with Gasteiger partial charge in [-0.3, -0.25) is 0 Å². The Balaban J connectivity index is 1.80. The Morgan fingerprint density at radius 3 is 2.78 bits per heavy atom. The Bertz CT molecular complexity index is 873. The normalized spacial score (nSPS) is 10.7. The number of hydrogen-bond acceptors (Lipinski definition) is 6. The molecule has 7 nitrogen and oxygen atoms in total. The number of aromatic nitrogens is 4. The van der Waals surface area contributed by atoms with Crippen molar-refractivity contribution in [3.8, 4) is 5.75 Å². The standard InChI is InChI=1S/C16H16N4O3/c1-10-8-11(2)20-16(17-10)18-14(19-20)15(21)23-9-12-6-4-5-7-13(12)22-3/h4-8H,9H2,1-3H3. The zero-order chi connectivity index (χ0) is 16.4. The molecule has 0 saturated carbocycles. The number of ether oxygens (including phenoxy) is 2. The predicted molar refractivity (Wildman–Crippen MR) is 82.4 cm³/mol. The van der Waals surface area contributed by atoms with E-state index in [0.29, 0.717) is 11.5 Å². The molecule has 1 aromatic carbocycles. The third-order valence-corrected chi connectivity index (χ3v) is 3.35. The maximum Gasteiger partial charge on any atom is 0.378 e. The lowest BCUT2D eigenvalue weighted by atomic mass is 10.2. The van der Waals surface area contributed by atoms with E-state index in [-0.39, 0.29) is 12.4 Å². The van der Waals surface area contributed by atoms with Crippen molar-refractivity contribution in [3.05, 3.63) is 53.1 Å². The van der Waals surface area contributed by atoms with Crippen LogP contribution in [0, 0.1) is 13.8 Å². The number of carbonyl (C=O) groups excluding carboxylic acids is 1. The van der Waals surface area contributed by atoms with Gasteiger partial charge in [-0.05, 0) is 26.0 Å². The van der Waals surface area contributed by atoms with Gasteiger partial charge >= 0.3 is 5.97 Å². The molecule has 0 bridgehead atoms. The van der Waals surface area contributed by atoms with Crippen molar-refractivity contribution in [1.82, 2.24) is 19.6 Å². The molecule has 0 aliphatic carbocycles. The Labute approximate surface area is 132 Å². The molecule has 0 radical (unpaired) electrons. The first-order valence-corrected chi connectivity index (χ1v) is 7.08. The van der Waals surface area contributed by atoms with Crippen molar-refractivity contribution >= 4 is 11.7 Å². The molecule has 0 amide bonds. The fourth-order valence-corrected chi connectivity index (χ4v) is 2.28. The first-order chi connectivity index (χ1) is 11.1. The molecule has 2 aromatic heterocycles. The summed E-state index contributed by atoms with van der Waals surface area (Å²) >= 11 is 0. The molecule has 0 saturated heterocycles. The highest BCUT2D eigenvalue weighted by atomic mass is 16.5. The fourth-order valence-electron chi connectivity index (χ4n) is 2.28. The Morgan fingerprint density at radius 2 is 2.00 bits per heavy atom. The van der Waals surface area contributed by atoms with Gasteiger partial charge < -0.3 is 9.47 Å². The number of esters is 1. The van der Waals surface area contributed by atoms with E-state index in [4.69, 9.17) is 9.47 Å². The van der Waals surface area contributed by atoms with Crippen LogP contribution in [0.1, 0.15) is 27.6 Å². The van der Waals surface area contributed by atoms with Crippen molar-refractivity contribution in [1.29, 1.82) is 0 Å². The number of benzene rings is 1. The molecule has 0 aliphatic rings. The minimum Gasteiger partial charge on any atom is -0.496 e. The highest BCUT2D eigenvalue weighted by Gasteiger charge is 2.17. The Kier molecular flexibility index (Phi) is 3.92. The van der Waals surface area contributed by atoms with Gasteiger partial charge in [0.05, 0.1) is 7.11 Å². The van der Waals surface area contributed by atoms with Gasteiger partial charge in [-0.15, -0.1) is 5.10 Å². The van der Waals surface area contributed by atoms with Gasteiger partial charge in [-0.25, -0.2) is 14.3 Å². The average Bonchev–Trinajstić information content (AvgIpc) is 2.97. The summed E-state index contributed by atoms with van der Waals surface area (Å²) < 4.78 is 12.0. The minimum atomic E-state index is -0.599. The molecule has 0 fully saturated rings. The van der Waals surface area contributed by atoms with E-state index < -0.39 is 5.97 Å². The summed E-state index contributed by atoms with van der Waals surface area (Å²) in [4.78, 5) is 20.5. The van der Waals surface area contributed by atoms with E-state index in [9.17, 15) is 4.79 Å². The first-order valence-electron chi connectivity index (χ1n) is 7.08. The van der Waals surface area contributed by atoms with Gasteiger partial charge in [0.25, 0.3) is 11.6 Å². The van der Waals surface area contributed by atoms with Gasteiger partial charge in [0.1, 0.15) is 12.4 Å². The van der Waals surface area contributed by atoms with Crippen molar-refractivity contribution in [3.63, 3.8) is 0 Å². The lowest BCUT2D eigenvalue weighted by Gasteiger charge is -2.07. The van der Waals surface area contributed by atoms with Crippen molar-refractivity contribution in [2.24, 2.45) is 0 Å². The highest BCUT2D eigenvalue weighted by Crippen LogP contribution is 2.18. The maximum absolute atomic E-state index is 12.2. The summed E-state index contributed by atoms with van der Waals surface area (Å²) in [6.07, 6.45) is 0. The van der Waals surface area contributed by atoms with E-state index in [1.807, 2.05) is 44.2 Å². The minimum absolute atomic E-state index is 0.0129. The number of para-hydroxylation sites is 1. The number of aryl methyl sites for hydroxylation is 2. The van der Waals surface area contributed by atoms with Gasteiger partial charge in [-0.2, -0.15) is 4.98 Å².